The third kappa shape index (κ3) is 3.05. The van der Waals surface area contributed by atoms with Crippen LogP contribution in [0.1, 0.15) is 24.2 Å². The van der Waals surface area contributed by atoms with E-state index in [1.807, 2.05) is 34.9 Å². The number of methoxy groups -OCH3 is 1. The third-order valence-corrected chi connectivity index (χ3v) is 6.88. The fourth-order valence-electron chi connectivity index (χ4n) is 5.16. The second-order valence-corrected chi connectivity index (χ2v) is 8.74. The summed E-state index contributed by atoms with van der Waals surface area (Å²) < 4.78 is 18.0. The summed E-state index contributed by atoms with van der Waals surface area (Å²) >= 11 is 0. The lowest BCUT2D eigenvalue weighted by Gasteiger charge is -2.23. The minimum Gasteiger partial charge on any atom is -0.497 e. The average molecular weight is 432 g/mol. The molecule has 8 nitrogen and oxygen atoms in total. The molecule has 4 heterocycles. The van der Waals surface area contributed by atoms with Crippen LogP contribution in [-0.4, -0.2) is 46.7 Å². The number of hydrogen-bond donors (Lipinski definition) is 0. The Balaban J connectivity index is 1.24. The number of benzene rings is 2. The molecule has 32 heavy (non-hydrogen) atoms. The molecule has 164 valence electrons. The van der Waals surface area contributed by atoms with Gasteiger partial charge in [0.25, 0.3) is 5.56 Å². The van der Waals surface area contributed by atoms with E-state index in [0.29, 0.717) is 12.2 Å². The van der Waals surface area contributed by atoms with Crippen LogP contribution in [0, 0.1) is 0 Å². The molecule has 1 fully saturated rings. The first-order valence-corrected chi connectivity index (χ1v) is 10.9. The number of fused-ring (bicyclic) bond motifs is 3. The molecule has 6 rings (SSSR count). The molecule has 3 aliphatic rings. The number of ether oxygens (including phenoxy) is 3. The van der Waals surface area contributed by atoms with Gasteiger partial charge in [0.1, 0.15) is 11.6 Å². The zero-order valence-electron chi connectivity index (χ0n) is 17.9. The van der Waals surface area contributed by atoms with Crippen LogP contribution in [0.2, 0.25) is 0 Å². The predicted molar refractivity (Wildman–Crippen MR) is 117 cm³/mol. The lowest BCUT2D eigenvalue weighted by molar-refractivity contribution is 0.174. The van der Waals surface area contributed by atoms with Crippen LogP contribution in [0.25, 0.3) is 11.3 Å². The van der Waals surface area contributed by atoms with Crippen LogP contribution in [0.5, 0.6) is 17.2 Å². The maximum absolute atomic E-state index is 13.2. The SMILES string of the molecule is COc1ccc(-c2nnc3n(c2=O)CC[C@@]32CCN(Cc3ccc4c(c3)OCO4)C2)cc1. The largest absolute Gasteiger partial charge is 0.497 e. The van der Waals surface area contributed by atoms with Gasteiger partial charge in [-0.05, 0) is 61.3 Å². The summed E-state index contributed by atoms with van der Waals surface area (Å²) in [7, 11) is 1.62. The molecule has 8 heteroatoms. The fraction of sp³-hybridized carbons (Fsp3) is 0.375. The Bertz CT molecular complexity index is 1240. The Hall–Kier alpha value is -3.39. The molecule has 2 aromatic carbocycles. The van der Waals surface area contributed by atoms with E-state index in [9.17, 15) is 4.79 Å². The number of likely N-dealkylation sites (tertiary alicyclic amines) is 1. The first-order chi connectivity index (χ1) is 15.6. The maximum atomic E-state index is 13.2. The molecule has 0 saturated carbocycles. The van der Waals surface area contributed by atoms with Crippen molar-refractivity contribution in [1.29, 1.82) is 0 Å². The highest BCUT2D eigenvalue weighted by atomic mass is 16.7. The van der Waals surface area contributed by atoms with Gasteiger partial charge in [0, 0.05) is 30.6 Å². The van der Waals surface area contributed by atoms with E-state index in [4.69, 9.17) is 14.2 Å². The smallest absolute Gasteiger partial charge is 0.280 e. The van der Waals surface area contributed by atoms with Gasteiger partial charge in [0.2, 0.25) is 6.79 Å². The molecule has 0 aliphatic carbocycles. The molecule has 0 bridgehead atoms. The van der Waals surface area contributed by atoms with Gasteiger partial charge in [-0.25, -0.2) is 0 Å². The molecule has 3 aliphatic heterocycles. The molecular weight excluding hydrogens is 408 g/mol. The number of hydrogen-bond acceptors (Lipinski definition) is 7. The zero-order valence-corrected chi connectivity index (χ0v) is 17.9. The average Bonchev–Trinajstić information content (AvgIpc) is 3.54. The number of rotatable bonds is 4. The number of aromatic nitrogens is 3. The van der Waals surface area contributed by atoms with Crippen LogP contribution in [0.15, 0.2) is 47.3 Å². The van der Waals surface area contributed by atoms with Crippen molar-refractivity contribution in [3.05, 3.63) is 64.2 Å². The summed E-state index contributed by atoms with van der Waals surface area (Å²) in [4.78, 5) is 15.7. The molecule has 0 amide bonds. The van der Waals surface area contributed by atoms with Crippen molar-refractivity contribution in [3.8, 4) is 28.5 Å². The molecular formula is C24H24N4O4. The van der Waals surface area contributed by atoms with Crippen molar-refractivity contribution in [2.24, 2.45) is 0 Å². The van der Waals surface area contributed by atoms with Crippen LogP contribution < -0.4 is 19.8 Å². The highest BCUT2D eigenvalue weighted by Crippen LogP contribution is 2.41. The Labute approximate surface area is 185 Å². The van der Waals surface area contributed by atoms with Crippen LogP contribution in [-0.2, 0) is 18.5 Å². The van der Waals surface area contributed by atoms with E-state index in [1.165, 1.54) is 5.56 Å². The first kappa shape index (κ1) is 19.3. The Morgan fingerprint density at radius 1 is 1.03 bits per heavy atom. The highest BCUT2D eigenvalue weighted by Gasteiger charge is 2.47. The van der Waals surface area contributed by atoms with Gasteiger partial charge in [0.15, 0.2) is 17.2 Å². The Morgan fingerprint density at radius 2 is 1.84 bits per heavy atom. The summed E-state index contributed by atoms with van der Waals surface area (Å²) in [6.07, 6.45) is 1.90. The lowest BCUT2D eigenvalue weighted by atomic mass is 9.85. The van der Waals surface area contributed by atoms with Crippen molar-refractivity contribution in [3.63, 3.8) is 0 Å². The predicted octanol–water partition coefficient (Wildman–Crippen LogP) is 2.59. The van der Waals surface area contributed by atoms with Gasteiger partial charge >= 0.3 is 0 Å². The third-order valence-electron chi connectivity index (χ3n) is 6.88. The minimum atomic E-state index is -0.110. The van der Waals surface area contributed by atoms with Crippen molar-refractivity contribution >= 4 is 0 Å². The van der Waals surface area contributed by atoms with E-state index in [1.54, 1.807) is 7.11 Å². The van der Waals surface area contributed by atoms with Gasteiger partial charge in [0.05, 0.1) is 7.11 Å². The normalized spacial score (nSPS) is 21.3. The monoisotopic (exact) mass is 432 g/mol. The second-order valence-electron chi connectivity index (χ2n) is 8.74. The van der Waals surface area contributed by atoms with Gasteiger partial charge in [-0.1, -0.05) is 6.07 Å². The van der Waals surface area contributed by atoms with Gasteiger partial charge < -0.3 is 14.2 Å². The molecule has 0 N–H and O–H groups in total. The Kier molecular flexibility index (Phi) is 4.43. The van der Waals surface area contributed by atoms with Crippen LogP contribution >= 0.6 is 0 Å². The molecule has 0 radical (unpaired) electrons. The van der Waals surface area contributed by atoms with Crippen molar-refractivity contribution in [2.75, 3.05) is 27.0 Å². The summed E-state index contributed by atoms with van der Waals surface area (Å²) in [6, 6.07) is 13.5. The van der Waals surface area contributed by atoms with Crippen molar-refractivity contribution in [1.82, 2.24) is 19.7 Å². The van der Waals surface area contributed by atoms with Gasteiger partial charge in [-0.3, -0.25) is 14.3 Å². The summed E-state index contributed by atoms with van der Waals surface area (Å²) in [5.41, 5.74) is 2.17. The quantitative estimate of drug-likeness (QED) is 0.627. The van der Waals surface area contributed by atoms with Gasteiger partial charge in [-0.2, -0.15) is 0 Å². The lowest BCUT2D eigenvalue weighted by Crippen LogP contribution is -2.33. The molecule has 1 aromatic heterocycles. The molecule has 1 atom stereocenters. The molecule has 1 saturated heterocycles. The summed E-state index contributed by atoms with van der Waals surface area (Å²) in [5, 5.41) is 8.95. The van der Waals surface area contributed by atoms with E-state index < -0.39 is 0 Å². The van der Waals surface area contributed by atoms with Crippen LogP contribution in [0.3, 0.4) is 0 Å². The van der Waals surface area contributed by atoms with Crippen molar-refractivity contribution in [2.45, 2.75) is 31.3 Å². The summed E-state index contributed by atoms with van der Waals surface area (Å²) in [6.45, 7) is 3.64. The van der Waals surface area contributed by atoms with E-state index >= 15 is 0 Å². The molecule has 0 unspecified atom stereocenters. The van der Waals surface area contributed by atoms with Crippen LogP contribution in [0.4, 0.5) is 0 Å². The first-order valence-electron chi connectivity index (χ1n) is 10.9. The molecule has 1 spiro atoms. The van der Waals surface area contributed by atoms with Gasteiger partial charge in [-0.15, -0.1) is 10.2 Å². The Morgan fingerprint density at radius 3 is 2.69 bits per heavy atom. The molecule has 3 aromatic rings. The minimum absolute atomic E-state index is 0.0636. The highest BCUT2D eigenvalue weighted by molar-refractivity contribution is 5.58. The second kappa shape index (κ2) is 7.34. The maximum Gasteiger partial charge on any atom is 0.280 e. The zero-order chi connectivity index (χ0) is 21.7. The van der Waals surface area contributed by atoms with Crippen molar-refractivity contribution < 1.29 is 14.2 Å². The van der Waals surface area contributed by atoms with E-state index in [0.717, 1.165) is 61.1 Å². The summed E-state index contributed by atoms with van der Waals surface area (Å²) in [5.74, 6) is 3.19. The fourth-order valence-corrected chi connectivity index (χ4v) is 5.16. The standard InChI is InChI=1S/C24H24N4O4/c1-30-18-5-3-17(4-6-18)21-22(29)28-11-9-24(23(28)26-25-21)8-10-27(14-24)13-16-2-7-19-20(12-16)32-15-31-19/h2-7,12H,8-11,13-15H2,1H3/t24-/m1/s1. The van der Waals surface area contributed by atoms with E-state index in [2.05, 4.69) is 27.2 Å². The van der Waals surface area contributed by atoms with E-state index in [-0.39, 0.29) is 17.8 Å². The topological polar surface area (TPSA) is 78.7 Å². The number of nitrogens with zero attached hydrogens (tertiary/aromatic N) is 4.